The summed E-state index contributed by atoms with van der Waals surface area (Å²) < 4.78 is 0. The SMILES string of the molecule is CC(C)=CCCC1(C)C[C@@H]1C#N. The second-order valence-electron chi connectivity index (χ2n) is 4.36. The van der Waals surface area contributed by atoms with Gasteiger partial charge in [-0.1, -0.05) is 18.6 Å². The lowest BCUT2D eigenvalue weighted by atomic mass is 9.99. The third-order valence-corrected chi connectivity index (χ3v) is 2.78. The third-order valence-electron chi connectivity index (χ3n) is 2.78. The van der Waals surface area contributed by atoms with Gasteiger partial charge in [-0.2, -0.15) is 5.26 Å². The van der Waals surface area contributed by atoms with Crippen LogP contribution < -0.4 is 0 Å². The molecule has 0 heterocycles. The molecule has 0 saturated heterocycles. The predicted octanol–water partition coefficient (Wildman–Crippen LogP) is 3.28. The smallest absolute Gasteiger partial charge is 0.0661 e. The zero-order chi connectivity index (χ0) is 9.19. The summed E-state index contributed by atoms with van der Waals surface area (Å²) in [5.41, 5.74) is 1.73. The fourth-order valence-electron chi connectivity index (χ4n) is 1.58. The number of hydrogen-bond donors (Lipinski definition) is 0. The van der Waals surface area contributed by atoms with Crippen LogP contribution in [0.25, 0.3) is 0 Å². The van der Waals surface area contributed by atoms with Crippen molar-refractivity contribution in [2.45, 2.75) is 40.0 Å². The summed E-state index contributed by atoms with van der Waals surface area (Å²) in [5, 5.41) is 8.68. The van der Waals surface area contributed by atoms with Crippen LogP contribution >= 0.6 is 0 Å². The van der Waals surface area contributed by atoms with Gasteiger partial charge in [0, 0.05) is 0 Å². The van der Waals surface area contributed by atoms with Crippen LogP contribution in [-0.2, 0) is 0 Å². The average molecular weight is 163 g/mol. The fourth-order valence-corrected chi connectivity index (χ4v) is 1.58. The quantitative estimate of drug-likeness (QED) is 0.586. The van der Waals surface area contributed by atoms with Crippen LogP contribution in [0.15, 0.2) is 11.6 Å². The molecular formula is C11H17N. The molecular weight excluding hydrogens is 146 g/mol. The minimum Gasteiger partial charge on any atom is -0.198 e. The van der Waals surface area contributed by atoms with Gasteiger partial charge in [-0.3, -0.25) is 0 Å². The molecule has 0 aliphatic heterocycles. The van der Waals surface area contributed by atoms with Gasteiger partial charge >= 0.3 is 0 Å². The van der Waals surface area contributed by atoms with Crippen molar-refractivity contribution in [3.8, 4) is 6.07 Å². The largest absolute Gasteiger partial charge is 0.198 e. The molecule has 0 spiro atoms. The fraction of sp³-hybridized carbons (Fsp3) is 0.727. The zero-order valence-corrected chi connectivity index (χ0v) is 8.22. The standard InChI is InChI=1S/C11H17N/c1-9(2)5-4-6-11(3)7-10(11)8-12/h5,10H,4,6-7H2,1-3H3/t10-,11?/m1/s1. The lowest BCUT2D eigenvalue weighted by Gasteiger charge is -2.05. The van der Waals surface area contributed by atoms with Gasteiger partial charge in [0.2, 0.25) is 0 Å². The molecule has 0 aromatic carbocycles. The highest BCUT2D eigenvalue weighted by Crippen LogP contribution is 2.55. The van der Waals surface area contributed by atoms with Gasteiger partial charge in [-0.15, -0.1) is 0 Å². The van der Waals surface area contributed by atoms with Gasteiger partial charge in [-0.05, 0) is 38.5 Å². The number of nitriles is 1. The second kappa shape index (κ2) is 3.31. The summed E-state index contributed by atoms with van der Waals surface area (Å²) in [5.74, 6) is 0.336. The Morgan fingerprint density at radius 3 is 2.75 bits per heavy atom. The molecule has 0 N–H and O–H groups in total. The van der Waals surface area contributed by atoms with Crippen LogP contribution in [-0.4, -0.2) is 0 Å². The zero-order valence-electron chi connectivity index (χ0n) is 8.22. The lowest BCUT2D eigenvalue weighted by molar-refractivity contribution is 0.497. The van der Waals surface area contributed by atoms with Crippen molar-refractivity contribution in [2.24, 2.45) is 11.3 Å². The van der Waals surface area contributed by atoms with Crippen molar-refractivity contribution in [3.63, 3.8) is 0 Å². The van der Waals surface area contributed by atoms with Gasteiger partial charge in [0.05, 0.1) is 12.0 Å². The Labute approximate surface area is 75.1 Å². The Morgan fingerprint density at radius 2 is 2.33 bits per heavy atom. The summed E-state index contributed by atoms with van der Waals surface area (Å²) in [6.07, 6.45) is 5.69. The Hall–Kier alpha value is -0.770. The van der Waals surface area contributed by atoms with E-state index in [4.69, 9.17) is 5.26 Å². The highest BCUT2D eigenvalue weighted by molar-refractivity contribution is 5.10. The Balaban J connectivity index is 2.27. The molecule has 1 saturated carbocycles. The summed E-state index contributed by atoms with van der Waals surface area (Å²) in [4.78, 5) is 0. The van der Waals surface area contributed by atoms with E-state index >= 15 is 0 Å². The van der Waals surface area contributed by atoms with E-state index in [2.05, 4.69) is 32.9 Å². The van der Waals surface area contributed by atoms with E-state index in [1.54, 1.807) is 0 Å². The first kappa shape index (κ1) is 9.32. The van der Waals surface area contributed by atoms with Crippen LogP contribution in [0.1, 0.15) is 40.0 Å². The number of rotatable bonds is 3. The van der Waals surface area contributed by atoms with E-state index in [1.807, 2.05) is 0 Å². The van der Waals surface area contributed by atoms with Crippen molar-refractivity contribution in [1.82, 2.24) is 0 Å². The first-order valence-corrected chi connectivity index (χ1v) is 4.61. The molecule has 2 atom stereocenters. The molecule has 1 aliphatic rings. The number of allylic oxidation sites excluding steroid dienone is 2. The molecule has 12 heavy (non-hydrogen) atoms. The van der Waals surface area contributed by atoms with Gasteiger partial charge < -0.3 is 0 Å². The molecule has 0 bridgehead atoms. The molecule has 0 amide bonds. The molecule has 0 radical (unpaired) electrons. The number of hydrogen-bond acceptors (Lipinski definition) is 1. The van der Waals surface area contributed by atoms with Gasteiger partial charge in [0.1, 0.15) is 0 Å². The average Bonchev–Trinajstić information content (AvgIpc) is 2.61. The van der Waals surface area contributed by atoms with E-state index in [1.165, 1.54) is 12.0 Å². The molecule has 66 valence electrons. The first-order valence-electron chi connectivity index (χ1n) is 4.61. The van der Waals surface area contributed by atoms with Crippen molar-refractivity contribution >= 4 is 0 Å². The van der Waals surface area contributed by atoms with Gasteiger partial charge in [0.25, 0.3) is 0 Å². The summed E-state index contributed by atoms with van der Waals surface area (Å²) in [6.45, 7) is 6.47. The Kier molecular flexibility index (Phi) is 2.57. The highest BCUT2D eigenvalue weighted by atomic mass is 14.5. The van der Waals surface area contributed by atoms with Gasteiger partial charge in [-0.25, -0.2) is 0 Å². The minimum atomic E-state index is 0.336. The Bertz CT molecular complexity index is 230. The van der Waals surface area contributed by atoms with Crippen LogP contribution in [0.3, 0.4) is 0 Å². The monoisotopic (exact) mass is 163 g/mol. The molecule has 1 fully saturated rings. The van der Waals surface area contributed by atoms with Crippen molar-refractivity contribution in [2.75, 3.05) is 0 Å². The topological polar surface area (TPSA) is 23.8 Å². The predicted molar refractivity (Wildman–Crippen MR) is 50.5 cm³/mol. The normalized spacial score (nSPS) is 32.3. The molecule has 0 aromatic heterocycles. The molecule has 1 unspecified atom stereocenters. The van der Waals surface area contributed by atoms with Crippen molar-refractivity contribution < 1.29 is 0 Å². The van der Waals surface area contributed by atoms with Gasteiger partial charge in [0.15, 0.2) is 0 Å². The molecule has 1 heteroatoms. The van der Waals surface area contributed by atoms with Crippen molar-refractivity contribution in [1.29, 1.82) is 5.26 Å². The molecule has 1 nitrogen and oxygen atoms in total. The Morgan fingerprint density at radius 1 is 1.67 bits per heavy atom. The summed E-state index contributed by atoms with van der Waals surface area (Å²) >= 11 is 0. The van der Waals surface area contributed by atoms with Crippen molar-refractivity contribution in [3.05, 3.63) is 11.6 Å². The van der Waals surface area contributed by atoms with Crippen LogP contribution in [0.2, 0.25) is 0 Å². The lowest BCUT2D eigenvalue weighted by Crippen LogP contribution is -1.95. The second-order valence-corrected chi connectivity index (χ2v) is 4.36. The maximum Gasteiger partial charge on any atom is 0.0661 e. The maximum atomic E-state index is 8.68. The maximum absolute atomic E-state index is 8.68. The minimum absolute atomic E-state index is 0.336. The van der Waals surface area contributed by atoms with Crippen LogP contribution in [0.4, 0.5) is 0 Å². The van der Waals surface area contributed by atoms with E-state index in [-0.39, 0.29) is 0 Å². The van der Waals surface area contributed by atoms with E-state index in [0.717, 1.165) is 12.8 Å². The van der Waals surface area contributed by atoms with Crippen LogP contribution in [0.5, 0.6) is 0 Å². The molecule has 1 rings (SSSR count). The third kappa shape index (κ3) is 2.11. The van der Waals surface area contributed by atoms with E-state index in [9.17, 15) is 0 Å². The molecule has 1 aliphatic carbocycles. The van der Waals surface area contributed by atoms with E-state index < -0.39 is 0 Å². The summed E-state index contributed by atoms with van der Waals surface area (Å²) in [7, 11) is 0. The summed E-state index contributed by atoms with van der Waals surface area (Å²) in [6, 6.07) is 2.35. The number of nitrogens with zero attached hydrogens (tertiary/aromatic N) is 1. The first-order chi connectivity index (χ1) is 5.58. The molecule has 0 aromatic rings. The highest BCUT2D eigenvalue weighted by Gasteiger charge is 2.49. The van der Waals surface area contributed by atoms with E-state index in [0.29, 0.717) is 11.3 Å². The van der Waals surface area contributed by atoms with Crippen LogP contribution in [0, 0.1) is 22.7 Å².